The van der Waals surface area contributed by atoms with Crippen molar-refractivity contribution in [2.75, 3.05) is 20.2 Å². The number of piperidine rings is 1. The van der Waals surface area contributed by atoms with Gasteiger partial charge in [-0.05, 0) is 32.9 Å². The van der Waals surface area contributed by atoms with E-state index in [-0.39, 0.29) is 12.2 Å². The van der Waals surface area contributed by atoms with Gasteiger partial charge in [0, 0.05) is 36.0 Å². The molecule has 1 aromatic carbocycles. The third kappa shape index (κ3) is 4.53. The van der Waals surface area contributed by atoms with E-state index in [2.05, 4.69) is 0 Å². The molecule has 0 atom stereocenters. The highest BCUT2D eigenvalue weighted by Gasteiger charge is 2.29. The van der Waals surface area contributed by atoms with Crippen molar-refractivity contribution in [3.63, 3.8) is 0 Å². The van der Waals surface area contributed by atoms with E-state index in [0.29, 0.717) is 36.6 Å². The topological polar surface area (TPSA) is 65.1 Å². The number of nitrogens with zero attached hydrogens (tertiary/aromatic N) is 1. The Morgan fingerprint density at radius 2 is 1.81 bits per heavy atom. The average molecular weight is 391 g/mol. The molecule has 0 spiro atoms. The Hall–Kier alpha value is -2.28. The van der Waals surface area contributed by atoms with Gasteiger partial charge in [-0.15, -0.1) is 11.3 Å². The van der Waals surface area contributed by atoms with E-state index < -0.39 is 11.6 Å². The number of ether oxygens (including phenoxy) is 3. The summed E-state index contributed by atoms with van der Waals surface area (Å²) in [6, 6.07) is 7.77. The van der Waals surface area contributed by atoms with Gasteiger partial charge in [-0.3, -0.25) is 0 Å². The Bertz CT molecular complexity index is 830. The molecule has 3 rings (SSSR count). The van der Waals surface area contributed by atoms with Crippen LogP contribution in [0.5, 0.6) is 5.75 Å². The molecule has 27 heavy (non-hydrogen) atoms. The van der Waals surface area contributed by atoms with Gasteiger partial charge in [-0.2, -0.15) is 0 Å². The van der Waals surface area contributed by atoms with Crippen LogP contribution in [0, 0.1) is 0 Å². The van der Waals surface area contributed by atoms with Crippen LogP contribution in [-0.2, 0) is 9.47 Å². The number of hydrogen-bond donors (Lipinski definition) is 0. The first kappa shape index (κ1) is 19.5. The smallest absolute Gasteiger partial charge is 0.410 e. The van der Waals surface area contributed by atoms with Gasteiger partial charge in [0.25, 0.3) is 0 Å². The maximum atomic E-state index is 12.2. The summed E-state index contributed by atoms with van der Waals surface area (Å²) in [5.41, 5.74) is -0.505. The molecule has 0 bridgehead atoms. The van der Waals surface area contributed by atoms with Crippen molar-refractivity contribution >= 4 is 33.5 Å². The standard InChI is InChI=1S/C20H25NO5S/c1-20(2,3)26-19(23)21-11-9-13(10-12-21)25-16-14-7-5-6-8-15(14)27-17(16)18(22)24-4/h5-8,13H,9-12H2,1-4H3. The molecule has 0 saturated carbocycles. The van der Waals surface area contributed by atoms with Crippen LogP contribution in [0.1, 0.15) is 43.3 Å². The van der Waals surface area contributed by atoms with Crippen molar-refractivity contribution < 1.29 is 23.8 Å². The lowest BCUT2D eigenvalue weighted by Gasteiger charge is -2.33. The molecule has 1 amide bonds. The van der Waals surface area contributed by atoms with Gasteiger partial charge < -0.3 is 19.1 Å². The molecule has 1 fully saturated rings. The highest BCUT2D eigenvalue weighted by molar-refractivity contribution is 7.21. The number of carbonyl (C=O) groups is 2. The second-order valence-electron chi connectivity index (χ2n) is 7.53. The first-order valence-electron chi connectivity index (χ1n) is 9.03. The maximum absolute atomic E-state index is 12.2. The SMILES string of the molecule is COC(=O)c1sc2ccccc2c1OC1CCN(C(=O)OC(C)(C)C)CC1. The zero-order valence-corrected chi connectivity index (χ0v) is 16.9. The summed E-state index contributed by atoms with van der Waals surface area (Å²) >= 11 is 1.37. The van der Waals surface area contributed by atoms with E-state index in [1.54, 1.807) is 4.90 Å². The Kier molecular flexibility index (Phi) is 5.60. The van der Waals surface area contributed by atoms with Crippen LogP contribution in [0.4, 0.5) is 4.79 Å². The molecule has 6 nitrogen and oxygen atoms in total. The van der Waals surface area contributed by atoms with Crippen LogP contribution in [0.2, 0.25) is 0 Å². The van der Waals surface area contributed by atoms with Crippen LogP contribution in [0.15, 0.2) is 24.3 Å². The molecule has 1 aliphatic rings. The Morgan fingerprint density at radius 1 is 1.15 bits per heavy atom. The third-order valence-electron chi connectivity index (χ3n) is 4.30. The van der Waals surface area contributed by atoms with E-state index >= 15 is 0 Å². The number of fused-ring (bicyclic) bond motifs is 1. The summed E-state index contributed by atoms with van der Waals surface area (Å²) in [6.45, 7) is 6.70. The summed E-state index contributed by atoms with van der Waals surface area (Å²) in [4.78, 5) is 26.5. The summed E-state index contributed by atoms with van der Waals surface area (Å²) in [5.74, 6) is 0.190. The van der Waals surface area contributed by atoms with Gasteiger partial charge in [-0.25, -0.2) is 9.59 Å². The van der Waals surface area contributed by atoms with Crippen molar-refractivity contribution in [3.8, 4) is 5.75 Å². The zero-order valence-electron chi connectivity index (χ0n) is 16.1. The predicted octanol–water partition coefficient (Wildman–Crippen LogP) is 4.47. The maximum Gasteiger partial charge on any atom is 0.410 e. The normalized spacial score (nSPS) is 15.6. The van der Waals surface area contributed by atoms with E-state index in [0.717, 1.165) is 10.1 Å². The third-order valence-corrected chi connectivity index (χ3v) is 5.43. The molecule has 0 unspecified atom stereocenters. The molecular weight excluding hydrogens is 366 g/mol. The Labute approximate surface area is 163 Å². The largest absolute Gasteiger partial charge is 0.488 e. The fraction of sp³-hybridized carbons (Fsp3) is 0.500. The molecule has 7 heteroatoms. The lowest BCUT2D eigenvalue weighted by Crippen LogP contribution is -2.44. The fourth-order valence-corrected chi connectivity index (χ4v) is 4.07. The van der Waals surface area contributed by atoms with Crippen LogP contribution >= 0.6 is 11.3 Å². The second-order valence-corrected chi connectivity index (χ2v) is 8.58. The van der Waals surface area contributed by atoms with Gasteiger partial charge in [-0.1, -0.05) is 12.1 Å². The van der Waals surface area contributed by atoms with Gasteiger partial charge >= 0.3 is 12.1 Å². The van der Waals surface area contributed by atoms with Gasteiger partial charge in [0.05, 0.1) is 7.11 Å². The second kappa shape index (κ2) is 7.76. The van der Waals surface area contributed by atoms with Gasteiger partial charge in [0.1, 0.15) is 11.7 Å². The molecular formula is C20H25NO5S. The van der Waals surface area contributed by atoms with Gasteiger partial charge in [0.15, 0.2) is 10.6 Å². The van der Waals surface area contributed by atoms with E-state index in [1.807, 2.05) is 45.0 Å². The van der Waals surface area contributed by atoms with Crippen LogP contribution in [0.3, 0.4) is 0 Å². The number of esters is 1. The lowest BCUT2D eigenvalue weighted by atomic mass is 10.1. The highest BCUT2D eigenvalue weighted by Crippen LogP contribution is 2.39. The van der Waals surface area contributed by atoms with Crippen LogP contribution < -0.4 is 4.74 Å². The number of amides is 1. The Balaban J connectivity index is 1.70. The van der Waals surface area contributed by atoms with E-state index in [9.17, 15) is 9.59 Å². The van der Waals surface area contributed by atoms with Gasteiger partial charge in [0.2, 0.25) is 0 Å². The number of benzene rings is 1. The van der Waals surface area contributed by atoms with Crippen molar-refractivity contribution in [2.45, 2.75) is 45.3 Å². The molecule has 146 valence electrons. The van der Waals surface area contributed by atoms with E-state index in [1.165, 1.54) is 18.4 Å². The minimum absolute atomic E-state index is 0.0647. The summed E-state index contributed by atoms with van der Waals surface area (Å²) in [6.07, 6.45) is 1.01. The lowest BCUT2D eigenvalue weighted by molar-refractivity contribution is 0.0127. The molecule has 0 radical (unpaired) electrons. The number of methoxy groups -OCH3 is 1. The fourth-order valence-electron chi connectivity index (χ4n) is 3.02. The number of thiophene rings is 1. The first-order valence-corrected chi connectivity index (χ1v) is 9.84. The minimum atomic E-state index is -0.505. The van der Waals surface area contributed by atoms with Crippen molar-refractivity contribution in [1.82, 2.24) is 4.90 Å². The summed E-state index contributed by atoms with van der Waals surface area (Å²) in [7, 11) is 1.37. The molecule has 2 heterocycles. The quantitative estimate of drug-likeness (QED) is 0.723. The van der Waals surface area contributed by atoms with Crippen molar-refractivity contribution in [1.29, 1.82) is 0 Å². The number of hydrogen-bond acceptors (Lipinski definition) is 6. The van der Waals surface area contributed by atoms with Crippen LogP contribution in [0.25, 0.3) is 10.1 Å². The monoisotopic (exact) mass is 391 g/mol. The number of carbonyl (C=O) groups excluding carboxylic acids is 2. The highest BCUT2D eigenvalue weighted by atomic mass is 32.1. The summed E-state index contributed by atoms with van der Waals surface area (Å²) < 4.78 is 17.5. The number of likely N-dealkylation sites (tertiary alicyclic amines) is 1. The molecule has 1 saturated heterocycles. The minimum Gasteiger partial charge on any atom is -0.488 e. The van der Waals surface area contributed by atoms with E-state index in [4.69, 9.17) is 14.2 Å². The summed E-state index contributed by atoms with van der Waals surface area (Å²) in [5, 5.41) is 0.914. The van der Waals surface area contributed by atoms with Crippen LogP contribution in [-0.4, -0.2) is 48.9 Å². The molecule has 0 N–H and O–H groups in total. The molecule has 2 aromatic rings. The first-order chi connectivity index (χ1) is 12.8. The molecule has 0 aliphatic carbocycles. The zero-order chi connectivity index (χ0) is 19.6. The Morgan fingerprint density at radius 3 is 2.44 bits per heavy atom. The van der Waals surface area contributed by atoms with Crippen molar-refractivity contribution in [2.24, 2.45) is 0 Å². The molecule has 1 aromatic heterocycles. The molecule has 1 aliphatic heterocycles. The predicted molar refractivity (Wildman–Crippen MR) is 105 cm³/mol. The average Bonchev–Trinajstić information content (AvgIpc) is 2.99. The number of rotatable bonds is 3. The van der Waals surface area contributed by atoms with Crippen molar-refractivity contribution in [3.05, 3.63) is 29.1 Å².